The van der Waals surface area contributed by atoms with Crippen LogP contribution in [0.3, 0.4) is 0 Å². The van der Waals surface area contributed by atoms with Gasteiger partial charge < -0.3 is 39.0 Å². The average Bonchev–Trinajstić information content (AvgIpc) is 3.41. The standard InChI is InChI=1S/C44H66N2O16S3/c1-43(2,3)37(36-17-15-34(32-40(36)47)45(20-10-30-63(50,51)52)22-23-60-26-27-62-29-28-61-25-24-59-5)12-7-6-8-13-41-44(4,19-9-14-42(48)49)38-33-35(65(56,57)58)16-18-39(38)46(41)21-11-31-64(53,54)55/h6,8,12-13,15-18,32-33,47H,7,9-11,14,19-31H2,1-5H3,(H,48,49)(H,50,51,52)(H,53,54,55)(H,56,57,58)/b8-6+,37-12+,41-13+. The first-order chi connectivity index (χ1) is 30.4. The van der Waals surface area contributed by atoms with E-state index in [1.165, 1.54) is 18.2 Å². The van der Waals surface area contributed by atoms with Gasteiger partial charge in [0.15, 0.2) is 0 Å². The fraction of sp³-hybridized carbons (Fsp3) is 0.568. The zero-order chi connectivity index (χ0) is 48.5. The van der Waals surface area contributed by atoms with Gasteiger partial charge in [0, 0.05) is 67.3 Å². The summed E-state index contributed by atoms with van der Waals surface area (Å²) in [5, 5.41) is 20.9. The number of benzene rings is 2. The summed E-state index contributed by atoms with van der Waals surface area (Å²) in [6.07, 6.45) is 8.28. The summed E-state index contributed by atoms with van der Waals surface area (Å²) in [4.78, 5) is 14.8. The molecule has 0 aliphatic carbocycles. The van der Waals surface area contributed by atoms with Gasteiger partial charge in [0.1, 0.15) is 5.75 Å². The van der Waals surface area contributed by atoms with Gasteiger partial charge in [0.25, 0.3) is 30.4 Å². The third-order valence-electron chi connectivity index (χ3n) is 10.7. The Labute approximate surface area is 384 Å². The summed E-state index contributed by atoms with van der Waals surface area (Å²) in [6.45, 7) is 11.3. The number of carbonyl (C=O) groups is 1. The number of methoxy groups -OCH3 is 1. The molecule has 1 aliphatic rings. The monoisotopic (exact) mass is 974 g/mol. The van der Waals surface area contributed by atoms with E-state index >= 15 is 0 Å². The van der Waals surface area contributed by atoms with Crippen LogP contribution in [0.1, 0.15) is 77.3 Å². The largest absolute Gasteiger partial charge is 0.507 e. The number of aromatic hydroxyl groups is 1. The number of hydrogen-bond donors (Lipinski definition) is 5. The summed E-state index contributed by atoms with van der Waals surface area (Å²) in [5.74, 6) is -1.99. The Balaban J connectivity index is 1.89. The lowest BCUT2D eigenvalue weighted by Gasteiger charge is -2.30. The van der Waals surface area contributed by atoms with Gasteiger partial charge in [-0.2, -0.15) is 25.3 Å². The highest BCUT2D eigenvalue weighted by atomic mass is 32.2. The van der Waals surface area contributed by atoms with E-state index in [0.717, 1.165) is 5.57 Å². The molecule has 18 nitrogen and oxygen atoms in total. The first-order valence-electron chi connectivity index (χ1n) is 21.3. The van der Waals surface area contributed by atoms with E-state index in [2.05, 4.69) is 0 Å². The van der Waals surface area contributed by atoms with Crippen LogP contribution in [-0.4, -0.2) is 140 Å². The number of anilines is 2. The molecule has 2 aromatic carbocycles. The van der Waals surface area contributed by atoms with Crippen LogP contribution in [0.15, 0.2) is 71.3 Å². The fourth-order valence-electron chi connectivity index (χ4n) is 7.55. The zero-order valence-corrected chi connectivity index (χ0v) is 40.3. The van der Waals surface area contributed by atoms with Crippen LogP contribution in [0.25, 0.3) is 5.57 Å². The van der Waals surface area contributed by atoms with E-state index in [-0.39, 0.29) is 62.4 Å². The molecule has 3 rings (SSSR count). The van der Waals surface area contributed by atoms with Crippen molar-refractivity contribution in [2.75, 3.05) is 94.3 Å². The molecule has 366 valence electrons. The number of allylic oxidation sites excluding steroid dienone is 6. The lowest BCUT2D eigenvalue weighted by atomic mass is 9.77. The molecule has 2 aromatic rings. The van der Waals surface area contributed by atoms with Crippen LogP contribution in [-0.2, 0) is 59.5 Å². The van der Waals surface area contributed by atoms with Crippen molar-refractivity contribution in [3.8, 4) is 5.75 Å². The predicted octanol–water partition coefficient (Wildman–Crippen LogP) is 5.99. The maximum Gasteiger partial charge on any atom is 0.303 e. The predicted molar refractivity (Wildman–Crippen MR) is 248 cm³/mol. The van der Waals surface area contributed by atoms with E-state index < -0.39 is 58.7 Å². The lowest BCUT2D eigenvalue weighted by molar-refractivity contribution is -0.137. The number of aliphatic carboxylic acids is 1. The van der Waals surface area contributed by atoms with E-state index in [9.17, 15) is 53.9 Å². The number of nitrogens with zero attached hydrogens (tertiary/aromatic N) is 2. The van der Waals surface area contributed by atoms with Crippen molar-refractivity contribution in [1.82, 2.24) is 0 Å². The van der Waals surface area contributed by atoms with E-state index in [1.807, 2.05) is 55.7 Å². The molecule has 0 fully saturated rings. The molecule has 0 spiro atoms. The Morgan fingerprint density at radius 1 is 0.815 bits per heavy atom. The SMILES string of the molecule is COCCOCCOCCOCCN(CCCS(=O)(=O)O)c1ccc(/C(=C\C/C=C/C=C2/N(CCCS(=O)(=O)O)c3ccc(S(=O)(=O)O)cc3C2(C)CCCC(=O)O)C(C)(C)C)c(O)c1. The number of ether oxygens (including phenoxy) is 4. The first kappa shape index (κ1) is 55.4. The maximum atomic E-state index is 12.2. The van der Waals surface area contributed by atoms with Crippen LogP contribution >= 0.6 is 0 Å². The molecule has 0 saturated heterocycles. The molecular weight excluding hydrogens is 909 g/mol. The highest BCUT2D eigenvalue weighted by molar-refractivity contribution is 7.86. The number of carboxylic acids is 1. The Bertz CT molecular complexity index is 2310. The van der Waals surface area contributed by atoms with Gasteiger partial charge in [-0.1, -0.05) is 39.0 Å². The minimum absolute atomic E-state index is 0.0118. The third-order valence-corrected chi connectivity index (χ3v) is 13.1. The average molecular weight is 975 g/mol. The van der Waals surface area contributed by atoms with E-state index in [4.69, 9.17) is 18.9 Å². The van der Waals surface area contributed by atoms with E-state index in [0.29, 0.717) is 80.8 Å². The van der Waals surface area contributed by atoms with Crippen LogP contribution in [0.2, 0.25) is 0 Å². The molecule has 1 unspecified atom stereocenters. The van der Waals surface area contributed by atoms with Gasteiger partial charge in [-0.25, -0.2) is 0 Å². The minimum atomic E-state index is -4.60. The van der Waals surface area contributed by atoms with Gasteiger partial charge in [-0.05, 0) is 92.0 Å². The molecule has 0 saturated carbocycles. The number of carboxylic acid groups (broad SMARTS) is 1. The molecule has 1 atom stereocenters. The molecule has 65 heavy (non-hydrogen) atoms. The molecule has 21 heteroatoms. The summed E-state index contributed by atoms with van der Waals surface area (Å²) < 4.78 is 121. The van der Waals surface area contributed by atoms with Crippen LogP contribution in [0.4, 0.5) is 11.4 Å². The second kappa shape index (κ2) is 25.3. The zero-order valence-electron chi connectivity index (χ0n) is 37.8. The normalized spacial score (nSPS) is 16.8. The van der Waals surface area contributed by atoms with Crippen LogP contribution in [0.5, 0.6) is 5.75 Å². The minimum Gasteiger partial charge on any atom is -0.507 e. The van der Waals surface area contributed by atoms with Crippen molar-refractivity contribution in [2.24, 2.45) is 5.41 Å². The molecule has 0 bridgehead atoms. The second-order valence-corrected chi connectivity index (χ2v) is 21.3. The Hall–Kier alpha value is -3.90. The Kier molecular flexibility index (Phi) is 21.6. The molecular formula is C44H66N2O16S3. The van der Waals surface area contributed by atoms with Gasteiger partial charge in [0.05, 0.1) is 62.6 Å². The van der Waals surface area contributed by atoms with Crippen molar-refractivity contribution < 1.29 is 72.9 Å². The number of phenolic OH excluding ortho intramolecular Hbond substituents is 1. The number of fused-ring (bicyclic) bond motifs is 1. The maximum absolute atomic E-state index is 12.2. The van der Waals surface area contributed by atoms with Gasteiger partial charge in [0.2, 0.25) is 0 Å². The number of phenols is 1. The van der Waals surface area contributed by atoms with Gasteiger partial charge in [-0.3, -0.25) is 18.5 Å². The number of rotatable bonds is 30. The number of hydrogen-bond acceptors (Lipinski definition) is 14. The van der Waals surface area contributed by atoms with Crippen molar-refractivity contribution in [3.63, 3.8) is 0 Å². The third kappa shape index (κ3) is 18.7. The quantitative estimate of drug-likeness (QED) is 0.0445. The molecule has 0 amide bonds. The topological polar surface area (TPSA) is 264 Å². The highest BCUT2D eigenvalue weighted by Crippen LogP contribution is 2.51. The van der Waals surface area contributed by atoms with Crippen molar-refractivity contribution in [2.45, 2.75) is 76.5 Å². The van der Waals surface area contributed by atoms with Crippen molar-refractivity contribution >= 4 is 53.3 Å². The molecule has 0 aromatic heterocycles. The van der Waals surface area contributed by atoms with E-state index in [1.54, 1.807) is 31.4 Å². The lowest BCUT2D eigenvalue weighted by Crippen LogP contribution is -2.30. The van der Waals surface area contributed by atoms with Crippen molar-refractivity contribution in [1.29, 1.82) is 0 Å². The molecule has 1 heterocycles. The summed E-state index contributed by atoms with van der Waals surface area (Å²) >= 11 is 0. The summed E-state index contributed by atoms with van der Waals surface area (Å²) in [5.41, 5.74) is 2.27. The van der Waals surface area contributed by atoms with Crippen molar-refractivity contribution in [3.05, 3.63) is 77.5 Å². The summed E-state index contributed by atoms with van der Waals surface area (Å²) in [7, 11) is -11.5. The van der Waals surface area contributed by atoms with Gasteiger partial charge >= 0.3 is 5.97 Å². The second-order valence-electron chi connectivity index (χ2n) is 16.8. The molecule has 5 N–H and O–H groups in total. The Morgan fingerprint density at radius 2 is 1.43 bits per heavy atom. The molecule has 0 radical (unpaired) electrons. The van der Waals surface area contributed by atoms with Crippen LogP contribution < -0.4 is 9.80 Å². The summed E-state index contributed by atoms with van der Waals surface area (Å²) in [6, 6.07) is 9.30. The fourth-order valence-corrected chi connectivity index (χ4v) is 9.04. The highest BCUT2D eigenvalue weighted by Gasteiger charge is 2.43. The Morgan fingerprint density at radius 3 is 2.00 bits per heavy atom. The first-order valence-corrected chi connectivity index (χ1v) is 25.9. The smallest absolute Gasteiger partial charge is 0.303 e. The van der Waals surface area contributed by atoms with Gasteiger partial charge in [-0.15, -0.1) is 0 Å². The molecule has 1 aliphatic heterocycles. The van der Waals surface area contributed by atoms with Crippen LogP contribution in [0, 0.1) is 5.41 Å².